The van der Waals surface area contributed by atoms with Crippen LogP contribution in [0.3, 0.4) is 0 Å². The molecule has 2 aliphatic rings. The molecule has 0 radical (unpaired) electrons. The SMILES string of the molecule is CN(Cc1c(F)cccc1Cl)C(=O)C1(N)C2CCCOC2C1(C)C. The quantitative estimate of drug-likeness (QED) is 0.907. The van der Waals surface area contributed by atoms with E-state index in [0.717, 1.165) is 19.4 Å². The van der Waals surface area contributed by atoms with E-state index >= 15 is 0 Å². The molecule has 3 rings (SSSR count). The van der Waals surface area contributed by atoms with Crippen molar-refractivity contribution in [2.75, 3.05) is 13.7 Å². The van der Waals surface area contributed by atoms with Crippen LogP contribution in [-0.4, -0.2) is 36.1 Å². The summed E-state index contributed by atoms with van der Waals surface area (Å²) in [7, 11) is 1.65. The van der Waals surface area contributed by atoms with Gasteiger partial charge in [-0.15, -0.1) is 0 Å². The summed E-state index contributed by atoms with van der Waals surface area (Å²) in [6, 6.07) is 4.51. The Labute approximate surface area is 147 Å². The summed E-state index contributed by atoms with van der Waals surface area (Å²) in [5, 5.41) is 0.312. The molecule has 1 amide bonds. The molecule has 0 aromatic heterocycles. The van der Waals surface area contributed by atoms with Crippen LogP contribution in [-0.2, 0) is 16.1 Å². The lowest BCUT2D eigenvalue weighted by atomic mass is 9.46. The molecule has 2 fully saturated rings. The van der Waals surface area contributed by atoms with Gasteiger partial charge in [0.1, 0.15) is 11.4 Å². The number of carbonyl (C=O) groups excluding carboxylic acids is 1. The number of hydrogen-bond donors (Lipinski definition) is 1. The summed E-state index contributed by atoms with van der Waals surface area (Å²) >= 11 is 6.08. The van der Waals surface area contributed by atoms with Crippen molar-refractivity contribution in [3.8, 4) is 0 Å². The van der Waals surface area contributed by atoms with E-state index in [4.69, 9.17) is 22.1 Å². The number of benzene rings is 1. The fourth-order valence-corrected chi connectivity index (χ4v) is 4.54. The number of ether oxygens (including phenoxy) is 1. The predicted molar refractivity (Wildman–Crippen MR) is 91.0 cm³/mol. The van der Waals surface area contributed by atoms with E-state index in [-0.39, 0.29) is 24.5 Å². The van der Waals surface area contributed by atoms with Crippen LogP contribution in [0.1, 0.15) is 32.3 Å². The first-order valence-corrected chi connectivity index (χ1v) is 8.68. The smallest absolute Gasteiger partial charge is 0.243 e. The Morgan fingerprint density at radius 1 is 1.50 bits per heavy atom. The van der Waals surface area contributed by atoms with Gasteiger partial charge in [0.25, 0.3) is 0 Å². The molecule has 24 heavy (non-hydrogen) atoms. The molecule has 1 aromatic rings. The molecule has 1 saturated heterocycles. The van der Waals surface area contributed by atoms with Crippen LogP contribution in [0, 0.1) is 17.2 Å². The minimum atomic E-state index is -0.995. The summed E-state index contributed by atoms with van der Waals surface area (Å²) in [6.07, 6.45) is 1.79. The predicted octanol–water partition coefficient (Wildman–Crippen LogP) is 2.97. The van der Waals surface area contributed by atoms with E-state index < -0.39 is 16.8 Å². The van der Waals surface area contributed by atoms with Crippen molar-refractivity contribution in [1.29, 1.82) is 0 Å². The molecule has 1 aliphatic carbocycles. The molecule has 6 heteroatoms. The Kier molecular flexibility index (Phi) is 4.39. The van der Waals surface area contributed by atoms with Crippen molar-refractivity contribution < 1.29 is 13.9 Å². The number of likely N-dealkylation sites (N-methyl/N-ethyl adjacent to an activating group) is 1. The fraction of sp³-hybridized carbons (Fsp3) is 0.611. The standard InChI is InChI=1S/C18H24ClFN2O2/c1-17(2)15-12(6-5-9-24-15)18(17,21)16(23)22(3)10-11-13(19)7-4-8-14(11)20/h4,7-8,12,15H,5-6,9-10,21H2,1-3H3. The Morgan fingerprint density at radius 3 is 2.88 bits per heavy atom. The summed E-state index contributed by atoms with van der Waals surface area (Å²) < 4.78 is 19.9. The van der Waals surface area contributed by atoms with Crippen LogP contribution < -0.4 is 5.73 Å². The summed E-state index contributed by atoms with van der Waals surface area (Å²) in [4.78, 5) is 14.6. The molecule has 2 N–H and O–H groups in total. The van der Waals surface area contributed by atoms with Crippen molar-refractivity contribution in [2.45, 2.75) is 44.9 Å². The molecule has 1 heterocycles. The van der Waals surface area contributed by atoms with Gasteiger partial charge in [0, 0.05) is 42.1 Å². The molecule has 0 bridgehead atoms. The van der Waals surface area contributed by atoms with E-state index in [1.165, 1.54) is 11.0 Å². The molecule has 1 aromatic carbocycles. The maximum absolute atomic E-state index is 14.0. The number of rotatable bonds is 3. The van der Waals surface area contributed by atoms with Gasteiger partial charge in [0.2, 0.25) is 5.91 Å². The molecule has 3 atom stereocenters. The fourth-order valence-electron chi connectivity index (χ4n) is 4.32. The Morgan fingerprint density at radius 2 is 2.21 bits per heavy atom. The van der Waals surface area contributed by atoms with Crippen LogP contribution >= 0.6 is 11.6 Å². The molecule has 1 aliphatic heterocycles. The number of carbonyl (C=O) groups is 1. The average Bonchev–Trinajstić information content (AvgIpc) is 2.56. The third kappa shape index (κ3) is 2.37. The average molecular weight is 355 g/mol. The van der Waals surface area contributed by atoms with Crippen LogP contribution in [0.5, 0.6) is 0 Å². The second-order valence-electron chi connectivity index (χ2n) is 7.49. The van der Waals surface area contributed by atoms with Gasteiger partial charge in [0.15, 0.2) is 0 Å². The van der Waals surface area contributed by atoms with Crippen molar-refractivity contribution in [1.82, 2.24) is 4.90 Å². The van der Waals surface area contributed by atoms with Crippen LogP contribution in [0.25, 0.3) is 0 Å². The third-order valence-corrected chi connectivity index (χ3v) is 6.20. The number of hydrogen-bond acceptors (Lipinski definition) is 3. The summed E-state index contributed by atoms with van der Waals surface area (Å²) in [5.74, 6) is -0.592. The first-order valence-electron chi connectivity index (χ1n) is 8.30. The highest BCUT2D eigenvalue weighted by Gasteiger charge is 2.70. The highest BCUT2D eigenvalue weighted by molar-refractivity contribution is 6.31. The maximum Gasteiger partial charge on any atom is 0.243 e. The second-order valence-corrected chi connectivity index (χ2v) is 7.90. The Hall–Kier alpha value is -1.17. The van der Waals surface area contributed by atoms with E-state index in [1.54, 1.807) is 19.2 Å². The van der Waals surface area contributed by atoms with E-state index in [1.807, 2.05) is 13.8 Å². The molecule has 1 saturated carbocycles. The molecule has 132 valence electrons. The van der Waals surface area contributed by atoms with Crippen LogP contribution in [0.4, 0.5) is 4.39 Å². The van der Waals surface area contributed by atoms with Gasteiger partial charge >= 0.3 is 0 Å². The Balaban J connectivity index is 1.83. The maximum atomic E-state index is 14.0. The zero-order valence-electron chi connectivity index (χ0n) is 14.3. The number of amides is 1. The van der Waals surface area contributed by atoms with Crippen molar-refractivity contribution in [2.24, 2.45) is 17.1 Å². The van der Waals surface area contributed by atoms with Gasteiger partial charge in [-0.05, 0) is 25.0 Å². The first-order chi connectivity index (χ1) is 11.2. The zero-order chi connectivity index (χ0) is 17.7. The number of halogens is 2. The van der Waals surface area contributed by atoms with Crippen molar-refractivity contribution in [3.63, 3.8) is 0 Å². The zero-order valence-corrected chi connectivity index (χ0v) is 15.1. The van der Waals surface area contributed by atoms with E-state index in [0.29, 0.717) is 10.6 Å². The van der Waals surface area contributed by atoms with Crippen LogP contribution in [0.15, 0.2) is 18.2 Å². The second kappa shape index (κ2) is 5.97. The molecule has 3 unspecified atom stereocenters. The molecule has 0 spiro atoms. The third-order valence-electron chi connectivity index (χ3n) is 5.84. The minimum absolute atomic E-state index is 0.00523. The van der Waals surface area contributed by atoms with Gasteiger partial charge in [0.05, 0.1) is 6.10 Å². The summed E-state index contributed by atoms with van der Waals surface area (Å²) in [5.41, 5.74) is 5.47. The highest BCUT2D eigenvalue weighted by Crippen LogP contribution is 2.57. The van der Waals surface area contributed by atoms with Crippen molar-refractivity contribution in [3.05, 3.63) is 34.6 Å². The van der Waals surface area contributed by atoms with E-state index in [2.05, 4.69) is 0 Å². The number of fused-ring (bicyclic) bond motifs is 1. The molecule has 4 nitrogen and oxygen atoms in total. The molecular formula is C18H24ClFN2O2. The summed E-state index contributed by atoms with van der Waals surface area (Å²) in [6.45, 7) is 4.76. The van der Waals surface area contributed by atoms with Gasteiger partial charge in [-0.3, -0.25) is 4.79 Å². The lowest BCUT2D eigenvalue weighted by Crippen LogP contribution is -2.82. The van der Waals surface area contributed by atoms with Crippen molar-refractivity contribution >= 4 is 17.5 Å². The van der Waals surface area contributed by atoms with Gasteiger partial charge in [-0.25, -0.2) is 4.39 Å². The van der Waals surface area contributed by atoms with Gasteiger partial charge < -0.3 is 15.4 Å². The largest absolute Gasteiger partial charge is 0.377 e. The van der Waals surface area contributed by atoms with Gasteiger partial charge in [-0.2, -0.15) is 0 Å². The minimum Gasteiger partial charge on any atom is -0.377 e. The lowest BCUT2D eigenvalue weighted by molar-refractivity contribution is -0.229. The monoisotopic (exact) mass is 354 g/mol. The highest BCUT2D eigenvalue weighted by atomic mass is 35.5. The first kappa shape index (κ1) is 17.6. The van der Waals surface area contributed by atoms with Crippen LogP contribution in [0.2, 0.25) is 5.02 Å². The number of nitrogens with zero attached hydrogens (tertiary/aromatic N) is 1. The molecular weight excluding hydrogens is 331 g/mol. The van der Waals surface area contributed by atoms with Gasteiger partial charge in [-0.1, -0.05) is 31.5 Å². The number of nitrogens with two attached hydrogens (primary N) is 1. The lowest BCUT2D eigenvalue weighted by Gasteiger charge is -2.65. The topological polar surface area (TPSA) is 55.6 Å². The normalized spacial score (nSPS) is 31.1. The Bertz CT molecular complexity index is 646. The van der Waals surface area contributed by atoms with E-state index in [9.17, 15) is 9.18 Å².